The summed E-state index contributed by atoms with van der Waals surface area (Å²) in [5.41, 5.74) is 2.30. The van der Waals surface area contributed by atoms with Gasteiger partial charge in [0.2, 0.25) is 5.91 Å². The SMILES string of the molecule is Cc1cccc(C)c1NC(=O)C1C(C(=O)O)C1(C)C. The Hall–Kier alpha value is -1.84. The fraction of sp³-hybridized carbons (Fsp3) is 0.467. The number of aliphatic carboxylic acids is 1. The van der Waals surface area contributed by atoms with E-state index in [9.17, 15) is 9.59 Å². The summed E-state index contributed by atoms with van der Waals surface area (Å²) in [4.78, 5) is 23.3. The lowest BCUT2D eigenvalue weighted by Crippen LogP contribution is -2.19. The molecule has 1 aromatic rings. The van der Waals surface area contributed by atoms with Crippen molar-refractivity contribution in [1.29, 1.82) is 0 Å². The number of anilines is 1. The average Bonchev–Trinajstić information content (AvgIpc) is 2.87. The molecule has 4 nitrogen and oxygen atoms in total. The maximum atomic E-state index is 12.2. The molecule has 1 fully saturated rings. The van der Waals surface area contributed by atoms with Gasteiger partial charge in [-0.25, -0.2) is 0 Å². The monoisotopic (exact) mass is 261 g/mol. The number of carboxylic acid groups (broad SMARTS) is 1. The summed E-state index contributed by atoms with van der Waals surface area (Å²) < 4.78 is 0. The first kappa shape index (κ1) is 13.6. The molecule has 0 spiro atoms. The Morgan fingerprint density at radius 3 is 2.11 bits per heavy atom. The Morgan fingerprint density at radius 1 is 1.16 bits per heavy atom. The first-order chi connectivity index (χ1) is 8.76. The molecule has 1 aliphatic rings. The first-order valence-corrected chi connectivity index (χ1v) is 6.36. The molecule has 2 N–H and O–H groups in total. The van der Waals surface area contributed by atoms with Crippen LogP contribution in [0.3, 0.4) is 0 Å². The fourth-order valence-electron chi connectivity index (χ4n) is 2.80. The van der Waals surface area contributed by atoms with Crippen LogP contribution in [0.5, 0.6) is 0 Å². The summed E-state index contributed by atoms with van der Waals surface area (Å²) in [6.45, 7) is 7.49. The van der Waals surface area contributed by atoms with E-state index in [1.165, 1.54) is 0 Å². The van der Waals surface area contributed by atoms with Crippen molar-refractivity contribution in [3.05, 3.63) is 29.3 Å². The molecule has 1 aromatic carbocycles. The number of aryl methyl sites for hydroxylation is 2. The van der Waals surface area contributed by atoms with Gasteiger partial charge in [-0.2, -0.15) is 0 Å². The molecule has 0 aliphatic heterocycles. The zero-order valence-electron chi connectivity index (χ0n) is 11.7. The molecule has 2 rings (SSSR count). The maximum absolute atomic E-state index is 12.2. The molecular weight excluding hydrogens is 242 g/mol. The van der Waals surface area contributed by atoms with Gasteiger partial charge in [-0.1, -0.05) is 32.0 Å². The highest BCUT2D eigenvalue weighted by molar-refractivity contribution is 6.00. The van der Waals surface area contributed by atoms with Gasteiger partial charge in [0.1, 0.15) is 0 Å². The largest absolute Gasteiger partial charge is 0.481 e. The second-order valence-corrected chi connectivity index (χ2v) is 5.87. The van der Waals surface area contributed by atoms with E-state index in [-0.39, 0.29) is 5.91 Å². The van der Waals surface area contributed by atoms with E-state index in [1.807, 2.05) is 45.9 Å². The average molecular weight is 261 g/mol. The van der Waals surface area contributed by atoms with Gasteiger partial charge < -0.3 is 10.4 Å². The van der Waals surface area contributed by atoms with Crippen molar-refractivity contribution in [3.8, 4) is 0 Å². The van der Waals surface area contributed by atoms with Crippen LogP contribution in [0.15, 0.2) is 18.2 Å². The number of amides is 1. The van der Waals surface area contributed by atoms with Crippen molar-refractivity contribution in [3.63, 3.8) is 0 Å². The van der Waals surface area contributed by atoms with E-state index in [0.717, 1.165) is 16.8 Å². The van der Waals surface area contributed by atoms with Crippen LogP contribution in [0.1, 0.15) is 25.0 Å². The number of nitrogens with one attached hydrogen (secondary N) is 1. The normalized spacial score (nSPS) is 23.8. The molecule has 19 heavy (non-hydrogen) atoms. The predicted molar refractivity (Wildman–Crippen MR) is 72.9 cm³/mol. The number of hydrogen-bond acceptors (Lipinski definition) is 2. The lowest BCUT2D eigenvalue weighted by molar-refractivity contribution is -0.140. The Kier molecular flexibility index (Phi) is 3.12. The van der Waals surface area contributed by atoms with Crippen molar-refractivity contribution in [2.75, 3.05) is 5.32 Å². The van der Waals surface area contributed by atoms with Gasteiger partial charge in [0.05, 0.1) is 11.8 Å². The van der Waals surface area contributed by atoms with Crippen LogP contribution in [0, 0.1) is 31.1 Å². The third kappa shape index (κ3) is 2.23. The van der Waals surface area contributed by atoms with E-state index in [4.69, 9.17) is 5.11 Å². The smallest absolute Gasteiger partial charge is 0.307 e. The van der Waals surface area contributed by atoms with Gasteiger partial charge in [-0.05, 0) is 30.4 Å². The Balaban J connectivity index is 2.18. The lowest BCUT2D eigenvalue weighted by Gasteiger charge is -2.11. The van der Waals surface area contributed by atoms with Crippen LogP contribution in [0.2, 0.25) is 0 Å². The Morgan fingerprint density at radius 2 is 1.68 bits per heavy atom. The van der Waals surface area contributed by atoms with Crippen LogP contribution in [-0.4, -0.2) is 17.0 Å². The summed E-state index contributed by atoms with van der Waals surface area (Å²) in [5.74, 6) is -2.14. The molecule has 0 radical (unpaired) electrons. The minimum atomic E-state index is -0.897. The van der Waals surface area contributed by atoms with Crippen LogP contribution in [0.25, 0.3) is 0 Å². The molecule has 1 aliphatic carbocycles. The Bertz CT molecular complexity index is 528. The number of para-hydroxylation sites is 1. The van der Waals surface area contributed by atoms with Crippen molar-refractivity contribution >= 4 is 17.6 Å². The van der Waals surface area contributed by atoms with Crippen molar-refractivity contribution < 1.29 is 14.7 Å². The number of benzene rings is 1. The maximum Gasteiger partial charge on any atom is 0.307 e. The lowest BCUT2D eigenvalue weighted by atomic mass is 10.1. The summed E-state index contributed by atoms with van der Waals surface area (Å²) in [6.07, 6.45) is 0. The molecule has 1 amide bonds. The van der Waals surface area contributed by atoms with Crippen molar-refractivity contribution in [2.45, 2.75) is 27.7 Å². The van der Waals surface area contributed by atoms with E-state index in [0.29, 0.717) is 0 Å². The topological polar surface area (TPSA) is 66.4 Å². The molecule has 2 unspecified atom stereocenters. The van der Waals surface area contributed by atoms with Gasteiger partial charge in [0, 0.05) is 5.69 Å². The van der Waals surface area contributed by atoms with Gasteiger partial charge in [0.25, 0.3) is 0 Å². The first-order valence-electron chi connectivity index (χ1n) is 6.36. The third-order valence-corrected chi connectivity index (χ3v) is 4.11. The molecule has 102 valence electrons. The second kappa shape index (κ2) is 4.37. The molecule has 0 aromatic heterocycles. The van der Waals surface area contributed by atoms with Crippen LogP contribution >= 0.6 is 0 Å². The van der Waals surface area contributed by atoms with Crippen LogP contribution in [0.4, 0.5) is 5.69 Å². The predicted octanol–water partition coefficient (Wildman–Crippen LogP) is 2.60. The number of carboxylic acids is 1. The van der Waals surface area contributed by atoms with E-state index in [2.05, 4.69) is 5.32 Å². The van der Waals surface area contributed by atoms with Crippen LogP contribution in [-0.2, 0) is 9.59 Å². The molecular formula is C15H19NO3. The van der Waals surface area contributed by atoms with Gasteiger partial charge in [-0.3, -0.25) is 9.59 Å². The number of hydrogen-bond donors (Lipinski definition) is 2. The Labute approximate surface area is 112 Å². The highest BCUT2D eigenvalue weighted by Gasteiger charge is 2.65. The summed E-state index contributed by atoms with van der Waals surface area (Å²) >= 11 is 0. The zero-order chi connectivity index (χ0) is 14.4. The molecule has 1 saturated carbocycles. The number of carbonyl (C=O) groups excluding carboxylic acids is 1. The standard InChI is InChI=1S/C15H19NO3/c1-8-6-5-7-9(2)12(8)16-13(17)10-11(14(18)19)15(10,3)4/h5-7,10-11H,1-4H3,(H,16,17)(H,18,19). The van der Waals surface area contributed by atoms with E-state index in [1.54, 1.807) is 0 Å². The minimum Gasteiger partial charge on any atom is -0.481 e. The van der Waals surface area contributed by atoms with E-state index >= 15 is 0 Å². The van der Waals surface area contributed by atoms with Crippen molar-refractivity contribution in [1.82, 2.24) is 0 Å². The molecule has 0 bridgehead atoms. The highest BCUT2D eigenvalue weighted by atomic mass is 16.4. The molecule has 0 saturated heterocycles. The molecule has 4 heteroatoms. The fourth-order valence-corrected chi connectivity index (χ4v) is 2.80. The van der Waals surface area contributed by atoms with Gasteiger partial charge >= 0.3 is 5.97 Å². The molecule has 0 heterocycles. The summed E-state index contributed by atoms with van der Waals surface area (Å²) in [5, 5.41) is 12.0. The summed E-state index contributed by atoms with van der Waals surface area (Å²) in [6, 6.07) is 5.78. The quantitative estimate of drug-likeness (QED) is 0.879. The number of rotatable bonds is 3. The van der Waals surface area contributed by atoms with E-state index < -0.39 is 23.2 Å². The zero-order valence-corrected chi connectivity index (χ0v) is 11.7. The molecule has 2 atom stereocenters. The third-order valence-electron chi connectivity index (χ3n) is 4.11. The van der Waals surface area contributed by atoms with Gasteiger partial charge in [-0.15, -0.1) is 0 Å². The highest BCUT2D eigenvalue weighted by Crippen LogP contribution is 2.58. The number of carbonyl (C=O) groups is 2. The van der Waals surface area contributed by atoms with Gasteiger partial charge in [0.15, 0.2) is 0 Å². The van der Waals surface area contributed by atoms with Crippen molar-refractivity contribution in [2.24, 2.45) is 17.3 Å². The minimum absolute atomic E-state index is 0.199. The van der Waals surface area contributed by atoms with Crippen LogP contribution < -0.4 is 5.32 Å². The second-order valence-electron chi connectivity index (χ2n) is 5.87. The summed E-state index contributed by atoms with van der Waals surface area (Å²) in [7, 11) is 0.